The first-order valence-electron chi connectivity index (χ1n) is 5.62. The first-order valence-corrected chi connectivity index (χ1v) is 6.44. The molecular weight excluding hydrogens is 263 g/mol. The number of nitrogens with zero attached hydrogens (tertiary/aromatic N) is 1. The summed E-state index contributed by atoms with van der Waals surface area (Å²) in [7, 11) is 0. The van der Waals surface area contributed by atoms with Gasteiger partial charge in [0.25, 0.3) is 0 Å². The van der Waals surface area contributed by atoms with Gasteiger partial charge < -0.3 is 10.9 Å². The van der Waals surface area contributed by atoms with Crippen LogP contribution in [0.1, 0.15) is 11.1 Å². The van der Waals surface area contributed by atoms with Gasteiger partial charge >= 0.3 is 0 Å². The van der Waals surface area contributed by atoms with Crippen LogP contribution in [0.2, 0.25) is 0 Å². The number of halogens is 1. The molecule has 0 fully saturated rings. The predicted molar refractivity (Wildman–Crippen MR) is 74.2 cm³/mol. The molecule has 0 aliphatic carbocycles. The molecule has 0 heterocycles. The van der Waals surface area contributed by atoms with Crippen LogP contribution in [0.25, 0.3) is 0 Å². The van der Waals surface area contributed by atoms with E-state index in [1.54, 1.807) is 18.2 Å². The van der Waals surface area contributed by atoms with Crippen molar-refractivity contribution in [2.45, 2.75) is 16.7 Å². The molecule has 98 valence electrons. The Labute approximate surface area is 114 Å². The van der Waals surface area contributed by atoms with E-state index in [2.05, 4.69) is 5.16 Å². The van der Waals surface area contributed by atoms with Gasteiger partial charge in [0.2, 0.25) is 0 Å². The highest BCUT2D eigenvalue weighted by molar-refractivity contribution is 7.99. The van der Waals surface area contributed by atoms with E-state index in [1.807, 2.05) is 19.1 Å². The van der Waals surface area contributed by atoms with Crippen molar-refractivity contribution in [1.82, 2.24) is 0 Å². The fraction of sp³-hybridized carbons (Fsp3) is 0.0714. The number of oxime groups is 1. The van der Waals surface area contributed by atoms with Crippen LogP contribution in [-0.2, 0) is 0 Å². The summed E-state index contributed by atoms with van der Waals surface area (Å²) in [4.78, 5) is 1.78. The van der Waals surface area contributed by atoms with Crippen LogP contribution in [0.3, 0.4) is 0 Å². The standard InChI is InChI=1S/C14H13FN2OS/c1-9-3-2-4-12(14(16)17-18)13(9)19-11-7-5-10(15)6-8-11/h2-8,18H,1H3,(H2,16,17). The third kappa shape index (κ3) is 3.06. The number of nitrogens with two attached hydrogens (primary N) is 1. The van der Waals surface area contributed by atoms with Gasteiger partial charge in [0.05, 0.1) is 0 Å². The zero-order valence-corrected chi connectivity index (χ0v) is 11.1. The van der Waals surface area contributed by atoms with Gasteiger partial charge in [-0.25, -0.2) is 4.39 Å². The second-order valence-electron chi connectivity index (χ2n) is 3.99. The van der Waals surface area contributed by atoms with Crippen LogP contribution in [0.15, 0.2) is 57.4 Å². The third-order valence-corrected chi connectivity index (χ3v) is 3.88. The molecule has 0 spiro atoms. The highest BCUT2D eigenvalue weighted by atomic mass is 32.2. The van der Waals surface area contributed by atoms with Crippen molar-refractivity contribution in [2.75, 3.05) is 0 Å². The fourth-order valence-corrected chi connectivity index (χ4v) is 2.68. The number of benzene rings is 2. The van der Waals surface area contributed by atoms with Crippen LogP contribution in [-0.4, -0.2) is 11.0 Å². The van der Waals surface area contributed by atoms with Gasteiger partial charge in [-0.15, -0.1) is 0 Å². The maximum absolute atomic E-state index is 12.9. The maximum atomic E-state index is 12.9. The summed E-state index contributed by atoms with van der Waals surface area (Å²) in [6.07, 6.45) is 0. The molecule has 2 aromatic carbocycles. The van der Waals surface area contributed by atoms with Crippen molar-refractivity contribution in [3.8, 4) is 0 Å². The van der Waals surface area contributed by atoms with E-state index < -0.39 is 0 Å². The minimum atomic E-state index is -0.272. The van der Waals surface area contributed by atoms with Crippen molar-refractivity contribution < 1.29 is 9.60 Å². The molecule has 2 rings (SSSR count). The van der Waals surface area contributed by atoms with Crippen LogP contribution >= 0.6 is 11.8 Å². The lowest BCUT2D eigenvalue weighted by molar-refractivity contribution is 0.318. The van der Waals surface area contributed by atoms with Gasteiger partial charge in [0, 0.05) is 15.4 Å². The molecule has 0 radical (unpaired) electrons. The number of aryl methyl sites for hydroxylation is 1. The lowest BCUT2D eigenvalue weighted by atomic mass is 10.1. The molecule has 3 nitrogen and oxygen atoms in total. The molecule has 5 heteroatoms. The Morgan fingerprint density at radius 1 is 1.21 bits per heavy atom. The van der Waals surface area contributed by atoms with Crippen molar-refractivity contribution in [3.63, 3.8) is 0 Å². The molecule has 0 unspecified atom stereocenters. The lowest BCUT2D eigenvalue weighted by Crippen LogP contribution is -2.14. The van der Waals surface area contributed by atoms with E-state index in [4.69, 9.17) is 10.9 Å². The van der Waals surface area contributed by atoms with E-state index in [-0.39, 0.29) is 11.7 Å². The van der Waals surface area contributed by atoms with Gasteiger partial charge in [-0.3, -0.25) is 0 Å². The van der Waals surface area contributed by atoms with E-state index in [0.717, 1.165) is 15.4 Å². The highest BCUT2D eigenvalue weighted by Crippen LogP contribution is 2.33. The number of rotatable bonds is 3. The largest absolute Gasteiger partial charge is 0.409 e. The SMILES string of the molecule is Cc1cccc(/C(N)=N/O)c1Sc1ccc(F)cc1. The summed E-state index contributed by atoms with van der Waals surface area (Å²) in [5, 5.41) is 11.8. The Morgan fingerprint density at radius 3 is 2.53 bits per heavy atom. The number of hydrogen-bond donors (Lipinski definition) is 2. The minimum absolute atomic E-state index is 0.0633. The van der Waals surface area contributed by atoms with Gasteiger partial charge in [-0.05, 0) is 42.8 Å². The molecule has 0 saturated heterocycles. The van der Waals surface area contributed by atoms with Crippen molar-refractivity contribution in [2.24, 2.45) is 10.9 Å². The van der Waals surface area contributed by atoms with Gasteiger partial charge in [0.15, 0.2) is 5.84 Å². The molecule has 3 N–H and O–H groups in total. The van der Waals surface area contributed by atoms with Crippen molar-refractivity contribution in [1.29, 1.82) is 0 Å². The third-order valence-electron chi connectivity index (χ3n) is 2.63. The average Bonchev–Trinajstić information content (AvgIpc) is 2.42. The van der Waals surface area contributed by atoms with Crippen LogP contribution in [0.5, 0.6) is 0 Å². The van der Waals surface area contributed by atoms with Gasteiger partial charge in [-0.1, -0.05) is 29.1 Å². The first kappa shape index (κ1) is 13.4. The maximum Gasteiger partial charge on any atom is 0.171 e. The Bertz CT molecular complexity index is 611. The Hall–Kier alpha value is -2.01. The van der Waals surface area contributed by atoms with E-state index in [1.165, 1.54) is 23.9 Å². The summed E-state index contributed by atoms with van der Waals surface area (Å²) in [6.45, 7) is 1.94. The molecule has 0 aliphatic rings. The monoisotopic (exact) mass is 276 g/mol. The van der Waals surface area contributed by atoms with E-state index >= 15 is 0 Å². The van der Waals surface area contributed by atoms with E-state index in [0.29, 0.717) is 5.56 Å². The van der Waals surface area contributed by atoms with Gasteiger partial charge in [-0.2, -0.15) is 0 Å². The van der Waals surface area contributed by atoms with E-state index in [9.17, 15) is 4.39 Å². The van der Waals surface area contributed by atoms with Crippen LogP contribution in [0.4, 0.5) is 4.39 Å². The van der Waals surface area contributed by atoms with Crippen LogP contribution in [0, 0.1) is 12.7 Å². The molecule has 0 atom stereocenters. The minimum Gasteiger partial charge on any atom is -0.409 e. The smallest absolute Gasteiger partial charge is 0.171 e. The van der Waals surface area contributed by atoms with Gasteiger partial charge in [0.1, 0.15) is 5.82 Å². The summed E-state index contributed by atoms with van der Waals surface area (Å²) in [5.41, 5.74) is 7.34. The Morgan fingerprint density at radius 2 is 1.89 bits per heavy atom. The number of amidine groups is 1. The molecule has 0 amide bonds. The zero-order valence-electron chi connectivity index (χ0n) is 10.3. The molecule has 0 saturated carbocycles. The fourth-order valence-electron chi connectivity index (χ4n) is 1.66. The Kier molecular flexibility index (Phi) is 4.06. The molecule has 0 bridgehead atoms. The second kappa shape index (κ2) is 5.75. The molecule has 0 aromatic heterocycles. The average molecular weight is 276 g/mol. The molecule has 2 aromatic rings. The quantitative estimate of drug-likeness (QED) is 0.391. The summed E-state index contributed by atoms with van der Waals surface area (Å²) >= 11 is 1.45. The topological polar surface area (TPSA) is 58.6 Å². The highest BCUT2D eigenvalue weighted by Gasteiger charge is 2.11. The number of hydrogen-bond acceptors (Lipinski definition) is 3. The second-order valence-corrected chi connectivity index (χ2v) is 5.08. The lowest BCUT2D eigenvalue weighted by Gasteiger charge is -2.11. The molecular formula is C14H13FN2OS. The normalized spacial score (nSPS) is 11.6. The molecule has 0 aliphatic heterocycles. The summed E-state index contributed by atoms with van der Waals surface area (Å²) < 4.78 is 12.9. The zero-order chi connectivity index (χ0) is 13.8. The molecule has 19 heavy (non-hydrogen) atoms. The predicted octanol–water partition coefficient (Wildman–Crippen LogP) is 3.38. The summed E-state index contributed by atoms with van der Waals surface area (Å²) in [5.74, 6) is -0.209. The summed E-state index contributed by atoms with van der Waals surface area (Å²) in [6, 6.07) is 11.8. The first-order chi connectivity index (χ1) is 9.11. The van der Waals surface area contributed by atoms with Crippen molar-refractivity contribution >= 4 is 17.6 Å². The van der Waals surface area contributed by atoms with Crippen molar-refractivity contribution in [3.05, 3.63) is 59.4 Å². The Balaban J connectivity index is 2.41. The van der Waals surface area contributed by atoms with Crippen LogP contribution < -0.4 is 5.73 Å².